The highest BCUT2D eigenvalue weighted by Gasteiger charge is 2.21. The second-order valence-electron chi connectivity index (χ2n) is 5.07. The number of carbonyl (C=O) groups is 1. The van der Waals surface area contributed by atoms with Crippen molar-refractivity contribution < 1.29 is 13.2 Å². The third-order valence-electron chi connectivity index (χ3n) is 3.36. The molecule has 1 saturated heterocycles. The second-order valence-corrected chi connectivity index (χ2v) is 6.79. The Morgan fingerprint density at radius 2 is 2.14 bits per heavy atom. The number of hydrogen-bond donors (Lipinski definition) is 1. The zero-order valence-corrected chi connectivity index (χ0v) is 12.7. The lowest BCUT2D eigenvalue weighted by molar-refractivity contribution is -0.119. The van der Waals surface area contributed by atoms with Crippen LogP contribution in [0, 0.1) is 19.3 Å². The number of nitrogens with one attached hydrogen (secondary N) is 1. The first-order valence-electron chi connectivity index (χ1n) is 6.78. The molecule has 0 spiro atoms. The fourth-order valence-electron chi connectivity index (χ4n) is 2.41. The summed E-state index contributed by atoms with van der Waals surface area (Å²) in [5, 5.41) is 0. The molecule has 1 aliphatic heterocycles. The normalized spacial score (nSPS) is 15.6. The number of anilines is 2. The Balaban J connectivity index is 2.22. The predicted octanol–water partition coefficient (Wildman–Crippen LogP) is 1.89. The highest BCUT2D eigenvalue weighted by Crippen LogP contribution is 2.27. The van der Waals surface area contributed by atoms with Crippen LogP contribution in [0.25, 0.3) is 0 Å². The SMILES string of the molecule is C#CCS(=O)(=O)Nc1ccc(N2CCCCC2=O)c(C)c1. The van der Waals surface area contributed by atoms with Crippen LogP contribution in [-0.2, 0) is 14.8 Å². The first-order chi connectivity index (χ1) is 9.93. The molecule has 2 rings (SSSR count). The van der Waals surface area contributed by atoms with Crippen LogP contribution in [-0.4, -0.2) is 26.6 Å². The summed E-state index contributed by atoms with van der Waals surface area (Å²) >= 11 is 0. The van der Waals surface area contributed by atoms with Crippen LogP contribution in [0.15, 0.2) is 18.2 Å². The van der Waals surface area contributed by atoms with E-state index in [1.54, 1.807) is 23.1 Å². The fourth-order valence-corrected chi connectivity index (χ4v) is 3.19. The van der Waals surface area contributed by atoms with Crippen molar-refractivity contribution in [2.45, 2.75) is 26.2 Å². The van der Waals surface area contributed by atoms with E-state index in [9.17, 15) is 13.2 Å². The predicted molar refractivity (Wildman–Crippen MR) is 83.6 cm³/mol. The second kappa shape index (κ2) is 6.19. The molecule has 5 nitrogen and oxygen atoms in total. The molecule has 21 heavy (non-hydrogen) atoms. The molecule has 1 fully saturated rings. The number of nitrogens with zero attached hydrogens (tertiary/aromatic N) is 1. The number of terminal acetylenes is 1. The van der Waals surface area contributed by atoms with Crippen molar-refractivity contribution in [3.8, 4) is 12.3 Å². The van der Waals surface area contributed by atoms with Crippen LogP contribution in [0.5, 0.6) is 0 Å². The summed E-state index contributed by atoms with van der Waals surface area (Å²) in [5.74, 6) is 1.86. The number of sulfonamides is 1. The number of carbonyl (C=O) groups excluding carboxylic acids is 1. The van der Waals surface area contributed by atoms with Crippen LogP contribution in [0.4, 0.5) is 11.4 Å². The minimum atomic E-state index is -3.52. The van der Waals surface area contributed by atoms with Crippen LogP contribution in [0.3, 0.4) is 0 Å². The fraction of sp³-hybridized carbons (Fsp3) is 0.400. The number of hydrogen-bond acceptors (Lipinski definition) is 3. The van der Waals surface area contributed by atoms with Gasteiger partial charge in [0.2, 0.25) is 15.9 Å². The number of rotatable bonds is 4. The lowest BCUT2D eigenvalue weighted by Gasteiger charge is -2.28. The number of amides is 1. The van der Waals surface area contributed by atoms with Crippen molar-refractivity contribution in [1.29, 1.82) is 0 Å². The van der Waals surface area contributed by atoms with Crippen LogP contribution in [0.1, 0.15) is 24.8 Å². The topological polar surface area (TPSA) is 66.5 Å². The molecule has 1 aliphatic rings. The number of benzene rings is 1. The van der Waals surface area contributed by atoms with E-state index >= 15 is 0 Å². The first kappa shape index (κ1) is 15.4. The first-order valence-corrected chi connectivity index (χ1v) is 8.43. The molecule has 0 saturated carbocycles. The Bertz CT molecular complexity index is 689. The van der Waals surface area contributed by atoms with Gasteiger partial charge in [-0.1, -0.05) is 5.92 Å². The average molecular weight is 306 g/mol. The Morgan fingerprint density at radius 1 is 1.38 bits per heavy atom. The molecule has 1 amide bonds. The molecule has 1 aromatic rings. The van der Waals surface area contributed by atoms with Gasteiger partial charge in [-0.25, -0.2) is 8.42 Å². The van der Waals surface area contributed by atoms with E-state index in [2.05, 4.69) is 10.6 Å². The zero-order valence-electron chi connectivity index (χ0n) is 11.9. The lowest BCUT2D eigenvalue weighted by atomic mass is 10.1. The Kier molecular flexibility index (Phi) is 4.53. The molecule has 0 aromatic heterocycles. The third kappa shape index (κ3) is 3.76. The van der Waals surface area contributed by atoms with E-state index in [1.807, 2.05) is 6.92 Å². The molecule has 0 unspecified atom stereocenters. The van der Waals surface area contributed by atoms with Crippen molar-refractivity contribution in [3.05, 3.63) is 23.8 Å². The van der Waals surface area contributed by atoms with Crippen molar-refractivity contribution >= 4 is 27.3 Å². The monoisotopic (exact) mass is 306 g/mol. The van der Waals surface area contributed by atoms with E-state index in [-0.39, 0.29) is 11.7 Å². The highest BCUT2D eigenvalue weighted by atomic mass is 32.2. The van der Waals surface area contributed by atoms with Gasteiger partial charge >= 0.3 is 0 Å². The standard InChI is InChI=1S/C15H18N2O3S/c1-3-10-21(19,20)16-13-7-8-14(12(2)11-13)17-9-5-4-6-15(17)18/h1,7-8,11,16H,4-6,9-10H2,2H3. The quantitative estimate of drug-likeness (QED) is 0.864. The summed E-state index contributed by atoms with van der Waals surface area (Å²) in [6, 6.07) is 5.13. The molecule has 1 heterocycles. The molecule has 0 bridgehead atoms. The molecule has 6 heteroatoms. The van der Waals surface area contributed by atoms with Crippen molar-refractivity contribution in [2.75, 3.05) is 21.9 Å². The molecule has 112 valence electrons. The van der Waals surface area contributed by atoms with Gasteiger partial charge in [-0.15, -0.1) is 6.42 Å². The maximum atomic E-state index is 11.9. The minimum absolute atomic E-state index is 0.116. The molecule has 1 N–H and O–H groups in total. The van der Waals surface area contributed by atoms with E-state index in [0.29, 0.717) is 18.7 Å². The van der Waals surface area contributed by atoms with Crippen LogP contribution in [0.2, 0.25) is 0 Å². The molecular weight excluding hydrogens is 288 g/mol. The van der Waals surface area contributed by atoms with Crippen molar-refractivity contribution in [2.24, 2.45) is 0 Å². The Morgan fingerprint density at radius 3 is 2.76 bits per heavy atom. The smallest absolute Gasteiger partial charge is 0.244 e. The molecular formula is C15H18N2O3S. The Hall–Kier alpha value is -2.00. The van der Waals surface area contributed by atoms with Gasteiger partial charge in [0.1, 0.15) is 5.75 Å². The summed E-state index contributed by atoms with van der Waals surface area (Å²) in [5.41, 5.74) is 2.14. The van der Waals surface area contributed by atoms with Gasteiger partial charge in [-0.3, -0.25) is 9.52 Å². The van der Waals surface area contributed by atoms with Gasteiger partial charge in [0, 0.05) is 24.3 Å². The van der Waals surface area contributed by atoms with Crippen LogP contribution < -0.4 is 9.62 Å². The van der Waals surface area contributed by atoms with Gasteiger partial charge in [0.05, 0.1) is 0 Å². The third-order valence-corrected chi connectivity index (χ3v) is 4.45. The van der Waals surface area contributed by atoms with E-state index in [1.165, 1.54) is 0 Å². The summed E-state index contributed by atoms with van der Waals surface area (Å²) in [7, 11) is -3.52. The summed E-state index contributed by atoms with van der Waals surface area (Å²) < 4.78 is 25.7. The highest BCUT2D eigenvalue weighted by molar-refractivity contribution is 7.92. The summed E-state index contributed by atoms with van der Waals surface area (Å²) in [6.07, 6.45) is 7.50. The van der Waals surface area contributed by atoms with Gasteiger partial charge < -0.3 is 4.90 Å². The number of aryl methyl sites for hydroxylation is 1. The zero-order chi connectivity index (χ0) is 15.5. The van der Waals surface area contributed by atoms with Crippen LogP contribution >= 0.6 is 0 Å². The minimum Gasteiger partial charge on any atom is -0.312 e. The molecule has 1 aromatic carbocycles. The van der Waals surface area contributed by atoms with Gasteiger partial charge in [-0.05, 0) is 43.5 Å². The van der Waals surface area contributed by atoms with Crippen molar-refractivity contribution in [3.63, 3.8) is 0 Å². The maximum absolute atomic E-state index is 11.9. The van der Waals surface area contributed by atoms with E-state index in [0.717, 1.165) is 24.1 Å². The van der Waals surface area contributed by atoms with Gasteiger partial charge in [-0.2, -0.15) is 0 Å². The summed E-state index contributed by atoms with van der Waals surface area (Å²) in [4.78, 5) is 13.7. The lowest BCUT2D eigenvalue weighted by Crippen LogP contribution is -2.35. The molecule has 0 aliphatic carbocycles. The summed E-state index contributed by atoms with van der Waals surface area (Å²) in [6.45, 7) is 2.57. The van der Waals surface area contributed by atoms with Gasteiger partial charge in [0.25, 0.3) is 0 Å². The largest absolute Gasteiger partial charge is 0.312 e. The Labute approximate surface area is 125 Å². The van der Waals surface area contributed by atoms with E-state index < -0.39 is 10.0 Å². The van der Waals surface area contributed by atoms with Gasteiger partial charge in [0.15, 0.2) is 0 Å². The van der Waals surface area contributed by atoms with E-state index in [4.69, 9.17) is 6.42 Å². The maximum Gasteiger partial charge on any atom is 0.244 e. The number of piperidine rings is 1. The molecule has 0 radical (unpaired) electrons. The van der Waals surface area contributed by atoms with Crippen molar-refractivity contribution in [1.82, 2.24) is 0 Å². The molecule has 0 atom stereocenters. The average Bonchev–Trinajstić information content (AvgIpc) is 2.39.